The van der Waals surface area contributed by atoms with Gasteiger partial charge in [-0.1, -0.05) is 32.9 Å². The zero-order chi connectivity index (χ0) is 18.2. The number of carbonyl (C=O) groups is 1. The smallest absolute Gasteiger partial charge is 0.222 e. The maximum atomic E-state index is 12.3. The molecule has 1 heterocycles. The molecule has 0 aliphatic carbocycles. The molecule has 0 saturated carbocycles. The molecule has 2 aromatic rings. The van der Waals surface area contributed by atoms with Gasteiger partial charge in [-0.3, -0.25) is 4.79 Å². The van der Waals surface area contributed by atoms with Gasteiger partial charge in [-0.2, -0.15) is 0 Å². The largest absolute Gasteiger partial charge is 0.497 e. The van der Waals surface area contributed by atoms with Crippen molar-refractivity contribution < 1.29 is 13.9 Å². The van der Waals surface area contributed by atoms with Crippen molar-refractivity contribution >= 4 is 5.91 Å². The molecule has 0 aliphatic rings. The maximum absolute atomic E-state index is 12.3. The van der Waals surface area contributed by atoms with Crippen LogP contribution in [-0.4, -0.2) is 24.5 Å². The highest BCUT2D eigenvalue weighted by molar-refractivity contribution is 5.75. The maximum Gasteiger partial charge on any atom is 0.222 e. The standard InChI is InChI=1S/C21H29NO3/c1-5-21(23)22(15-19-7-6-14-25-19)13-12-20(16(2)3)17-8-10-18(24-4)11-9-17/h6-11,14,16,20H,5,12-13,15H2,1-4H3/t20-/m0/s1. The molecule has 4 heteroatoms. The van der Waals surface area contributed by atoms with E-state index in [2.05, 4.69) is 26.0 Å². The second-order valence-corrected chi connectivity index (χ2v) is 6.66. The number of rotatable bonds is 9. The lowest BCUT2D eigenvalue weighted by Crippen LogP contribution is -2.32. The van der Waals surface area contributed by atoms with Crippen LogP contribution in [0.1, 0.15) is 50.9 Å². The van der Waals surface area contributed by atoms with E-state index in [1.807, 2.05) is 36.1 Å². The summed E-state index contributed by atoms with van der Waals surface area (Å²) in [6, 6.07) is 12.0. The van der Waals surface area contributed by atoms with Gasteiger partial charge < -0.3 is 14.1 Å². The highest BCUT2D eigenvalue weighted by Crippen LogP contribution is 2.29. The van der Waals surface area contributed by atoms with E-state index in [-0.39, 0.29) is 5.91 Å². The van der Waals surface area contributed by atoms with Crippen molar-refractivity contribution in [1.29, 1.82) is 0 Å². The Morgan fingerprint density at radius 2 is 1.92 bits per heavy atom. The Morgan fingerprint density at radius 3 is 2.44 bits per heavy atom. The average molecular weight is 343 g/mol. The molecule has 0 spiro atoms. The summed E-state index contributed by atoms with van der Waals surface area (Å²) in [5.74, 6) is 2.75. The van der Waals surface area contributed by atoms with Gasteiger partial charge in [0, 0.05) is 13.0 Å². The number of furan rings is 1. The van der Waals surface area contributed by atoms with Gasteiger partial charge in [-0.05, 0) is 48.1 Å². The van der Waals surface area contributed by atoms with Gasteiger partial charge >= 0.3 is 0 Å². The number of carbonyl (C=O) groups excluding carboxylic acids is 1. The fourth-order valence-corrected chi connectivity index (χ4v) is 3.14. The minimum Gasteiger partial charge on any atom is -0.497 e. The van der Waals surface area contributed by atoms with Crippen LogP contribution < -0.4 is 4.74 Å². The molecule has 136 valence electrons. The van der Waals surface area contributed by atoms with Crippen LogP contribution in [0, 0.1) is 5.92 Å². The molecule has 2 rings (SSSR count). The molecule has 1 aromatic carbocycles. The van der Waals surface area contributed by atoms with E-state index in [1.54, 1.807) is 13.4 Å². The lowest BCUT2D eigenvalue weighted by molar-refractivity contribution is -0.131. The molecular weight excluding hydrogens is 314 g/mol. The topological polar surface area (TPSA) is 42.7 Å². The molecule has 25 heavy (non-hydrogen) atoms. The van der Waals surface area contributed by atoms with Crippen LogP contribution >= 0.6 is 0 Å². The minimum absolute atomic E-state index is 0.161. The third-order valence-electron chi connectivity index (χ3n) is 4.64. The third kappa shape index (κ3) is 5.38. The van der Waals surface area contributed by atoms with Crippen molar-refractivity contribution in [2.24, 2.45) is 5.92 Å². The molecule has 0 N–H and O–H groups in total. The summed E-state index contributed by atoms with van der Waals surface area (Å²) in [6.07, 6.45) is 3.09. The van der Waals surface area contributed by atoms with Crippen LogP contribution in [0.25, 0.3) is 0 Å². The average Bonchev–Trinajstić information content (AvgIpc) is 3.13. The van der Waals surface area contributed by atoms with Crippen LogP contribution in [0.5, 0.6) is 5.75 Å². The number of hydrogen-bond donors (Lipinski definition) is 0. The summed E-state index contributed by atoms with van der Waals surface area (Å²) in [5.41, 5.74) is 1.29. The number of ether oxygens (including phenoxy) is 1. The number of amides is 1. The lowest BCUT2D eigenvalue weighted by atomic mass is 9.85. The summed E-state index contributed by atoms with van der Waals surface area (Å²) >= 11 is 0. The van der Waals surface area contributed by atoms with Gasteiger partial charge in [0.05, 0.1) is 19.9 Å². The van der Waals surface area contributed by atoms with Crippen molar-refractivity contribution in [2.45, 2.75) is 46.1 Å². The van der Waals surface area contributed by atoms with E-state index in [9.17, 15) is 4.79 Å². The zero-order valence-electron chi connectivity index (χ0n) is 15.7. The number of benzene rings is 1. The Balaban J connectivity index is 2.06. The molecule has 0 aliphatic heterocycles. The summed E-state index contributed by atoms with van der Waals surface area (Å²) < 4.78 is 10.7. The van der Waals surface area contributed by atoms with Crippen LogP contribution in [0.3, 0.4) is 0 Å². The summed E-state index contributed by atoms with van der Waals surface area (Å²) in [5, 5.41) is 0. The predicted octanol–water partition coefficient (Wildman–Crippen LogP) is 4.86. The van der Waals surface area contributed by atoms with Gasteiger partial charge in [0.2, 0.25) is 5.91 Å². The molecule has 0 radical (unpaired) electrons. The van der Waals surface area contributed by atoms with E-state index < -0.39 is 0 Å². The Hall–Kier alpha value is -2.23. The SMILES string of the molecule is CCC(=O)N(CC[C@H](c1ccc(OC)cc1)C(C)C)Cc1ccco1. The molecule has 0 unspecified atom stereocenters. The first-order valence-electron chi connectivity index (χ1n) is 8.99. The molecule has 0 bridgehead atoms. The summed E-state index contributed by atoms with van der Waals surface area (Å²) in [7, 11) is 1.68. The Morgan fingerprint density at radius 1 is 1.20 bits per heavy atom. The number of nitrogens with zero attached hydrogens (tertiary/aromatic N) is 1. The number of hydrogen-bond acceptors (Lipinski definition) is 3. The Bertz CT molecular complexity index is 632. The molecule has 1 aromatic heterocycles. The van der Waals surface area contributed by atoms with Crippen LogP contribution in [-0.2, 0) is 11.3 Å². The summed E-state index contributed by atoms with van der Waals surface area (Å²) in [4.78, 5) is 14.2. The fourth-order valence-electron chi connectivity index (χ4n) is 3.14. The highest BCUT2D eigenvalue weighted by atomic mass is 16.5. The molecular formula is C21H29NO3. The van der Waals surface area contributed by atoms with E-state index in [4.69, 9.17) is 9.15 Å². The van der Waals surface area contributed by atoms with Crippen molar-refractivity contribution in [2.75, 3.05) is 13.7 Å². The second kappa shape index (κ2) is 9.30. The quantitative estimate of drug-likeness (QED) is 0.653. The third-order valence-corrected chi connectivity index (χ3v) is 4.64. The normalized spacial score (nSPS) is 12.2. The van der Waals surface area contributed by atoms with Gasteiger partial charge in [-0.15, -0.1) is 0 Å². The van der Waals surface area contributed by atoms with Crippen LogP contribution in [0.4, 0.5) is 0 Å². The first-order chi connectivity index (χ1) is 12.0. The number of methoxy groups -OCH3 is 1. The van der Waals surface area contributed by atoms with Crippen molar-refractivity contribution in [3.05, 3.63) is 54.0 Å². The Labute approximate surface area is 150 Å². The fraction of sp³-hybridized carbons (Fsp3) is 0.476. The van der Waals surface area contributed by atoms with Crippen molar-refractivity contribution in [3.63, 3.8) is 0 Å². The van der Waals surface area contributed by atoms with Gasteiger partial charge in [-0.25, -0.2) is 0 Å². The van der Waals surface area contributed by atoms with Gasteiger partial charge in [0.25, 0.3) is 0 Å². The molecule has 1 atom stereocenters. The van der Waals surface area contributed by atoms with Gasteiger partial charge in [0.1, 0.15) is 11.5 Å². The van der Waals surface area contributed by atoms with Gasteiger partial charge in [0.15, 0.2) is 0 Å². The molecule has 4 nitrogen and oxygen atoms in total. The Kier molecular flexibility index (Phi) is 7.11. The van der Waals surface area contributed by atoms with E-state index in [0.29, 0.717) is 24.8 Å². The van der Waals surface area contributed by atoms with E-state index >= 15 is 0 Å². The molecule has 0 saturated heterocycles. The summed E-state index contributed by atoms with van der Waals surface area (Å²) in [6.45, 7) is 7.62. The monoisotopic (exact) mass is 343 g/mol. The predicted molar refractivity (Wildman–Crippen MR) is 99.6 cm³/mol. The van der Waals surface area contributed by atoms with Crippen LogP contribution in [0.15, 0.2) is 47.1 Å². The van der Waals surface area contributed by atoms with Crippen molar-refractivity contribution in [1.82, 2.24) is 4.90 Å². The first kappa shape index (κ1) is 19.1. The molecule has 1 amide bonds. The zero-order valence-corrected chi connectivity index (χ0v) is 15.7. The van der Waals surface area contributed by atoms with Crippen molar-refractivity contribution in [3.8, 4) is 5.75 Å². The highest BCUT2D eigenvalue weighted by Gasteiger charge is 2.20. The van der Waals surface area contributed by atoms with Crippen LogP contribution in [0.2, 0.25) is 0 Å². The van der Waals surface area contributed by atoms with E-state index in [1.165, 1.54) is 5.56 Å². The lowest BCUT2D eigenvalue weighted by Gasteiger charge is -2.27. The second-order valence-electron chi connectivity index (χ2n) is 6.66. The first-order valence-corrected chi connectivity index (χ1v) is 8.99. The molecule has 0 fully saturated rings. The minimum atomic E-state index is 0.161. The van der Waals surface area contributed by atoms with E-state index in [0.717, 1.165) is 24.5 Å².